The summed E-state index contributed by atoms with van der Waals surface area (Å²) in [7, 11) is 1.80. The number of nitrogens with zero attached hydrogens (tertiary/aromatic N) is 1. The van der Waals surface area contributed by atoms with Crippen LogP contribution in [-0.2, 0) is 6.42 Å². The van der Waals surface area contributed by atoms with Crippen molar-refractivity contribution in [1.82, 2.24) is 15.6 Å². The van der Waals surface area contributed by atoms with Crippen LogP contribution in [0.15, 0.2) is 29.4 Å². The number of para-hydroxylation sites is 1. The summed E-state index contributed by atoms with van der Waals surface area (Å²) in [4.78, 5) is 7.58. The van der Waals surface area contributed by atoms with E-state index < -0.39 is 0 Å². The smallest absolute Gasteiger partial charge is 0.191 e. The Hall–Kier alpha value is -1.24. The van der Waals surface area contributed by atoms with Crippen molar-refractivity contribution < 1.29 is 0 Å². The maximum absolute atomic E-state index is 4.21. The summed E-state index contributed by atoms with van der Waals surface area (Å²) in [6.07, 6.45) is 3.08. The van der Waals surface area contributed by atoms with E-state index >= 15 is 0 Å². The minimum absolute atomic E-state index is 0. The first kappa shape index (κ1) is 17.8. The van der Waals surface area contributed by atoms with Crippen LogP contribution in [0, 0.1) is 6.92 Å². The zero-order valence-electron chi connectivity index (χ0n) is 13.2. The summed E-state index contributed by atoms with van der Waals surface area (Å²) in [5.41, 5.74) is 3.88. The summed E-state index contributed by atoms with van der Waals surface area (Å²) in [6, 6.07) is 6.81. The van der Waals surface area contributed by atoms with Crippen molar-refractivity contribution in [1.29, 1.82) is 0 Å². The molecule has 0 amide bonds. The maximum Gasteiger partial charge on any atom is 0.191 e. The fourth-order valence-electron chi connectivity index (χ4n) is 2.35. The maximum atomic E-state index is 4.21. The Morgan fingerprint density at radius 2 is 2.10 bits per heavy atom. The van der Waals surface area contributed by atoms with E-state index in [9.17, 15) is 0 Å². The SMILES string of the molecule is CN=C(NCCc1c[nH]c2c(C)cccc12)NC(C)C.I. The molecule has 5 heteroatoms. The number of fused-ring (bicyclic) bond motifs is 1. The Kier molecular flexibility index (Phi) is 7.01. The molecule has 0 unspecified atom stereocenters. The number of H-pyrrole nitrogens is 1. The van der Waals surface area contributed by atoms with Crippen LogP contribution in [0.5, 0.6) is 0 Å². The number of aryl methyl sites for hydroxylation is 1. The summed E-state index contributed by atoms with van der Waals surface area (Å²) >= 11 is 0. The first-order valence-corrected chi connectivity index (χ1v) is 7.14. The highest BCUT2D eigenvalue weighted by atomic mass is 127. The van der Waals surface area contributed by atoms with Crippen molar-refractivity contribution in [2.24, 2.45) is 4.99 Å². The van der Waals surface area contributed by atoms with Crippen LogP contribution in [-0.4, -0.2) is 30.6 Å². The number of rotatable bonds is 4. The van der Waals surface area contributed by atoms with E-state index in [1.807, 2.05) is 0 Å². The number of hydrogen-bond donors (Lipinski definition) is 3. The highest BCUT2D eigenvalue weighted by molar-refractivity contribution is 14.0. The Morgan fingerprint density at radius 3 is 2.76 bits per heavy atom. The molecule has 0 fully saturated rings. The number of benzene rings is 1. The molecule has 3 N–H and O–H groups in total. The minimum Gasteiger partial charge on any atom is -0.361 e. The van der Waals surface area contributed by atoms with Crippen LogP contribution in [0.1, 0.15) is 25.0 Å². The van der Waals surface area contributed by atoms with Gasteiger partial charge in [0.15, 0.2) is 5.96 Å². The molecule has 116 valence electrons. The zero-order valence-corrected chi connectivity index (χ0v) is 15.5. The topological polar surface area (TPSA) is 52.2 Å². The zero-order chi connectivity index (χ0) is 14.5. The van der Waals surface area contributed by atoms with E-state index in [0.717, 1.165) is 18.9 Å². The summed E-state index contributed by atoms with van der Waals surface area (Å²) < 4.78 is 0. The number of aromatic amines is 1. The van der Waals surface area contributed by atoms with Gasteiger partial charge in [-0.2, -0.15) is 0 Å². The normalized spacial score (nSPS) is 11.6. The predicted molar refractivity (Wildman–Crippen MR) is 102 cm³/mol. The predicted octanol–water partition coefficient (Wildman–Crippen LogP) is 3.21. The number of hydrogen-bond acceptors (Lipinski definition) is 1. The third-order valence-electron chi connectivity index (χ3n) is 3.35. The third-order valence-corrected chi connectivity index (χ3v) is 3.35. The molecule has 2 aromatic rings. The highest BCUT2D eigenvalue weighted by Crippen LogP contribution is 2.21. The van der Waals surface area contributed by atoms with Gasteiger partial charge in [0.05, 0.1) is 0 Å². The molecular weight excluding hydrogens is 375 g/mol. The van der Waals surface area contributed by atoms with E-state index in [2.05, 4.69) is 65.8 Å². The first-order valence-electron chi connectivity index (χ1n) is 7.14. The van der Waals surface area contributed by atoms with Crippen LogP contribution < -0.4 is 10.6 Å². The summed E-state index contributed by atoms with van der Waals surface area (Å²) in [5, 5.41) is 7.95. The molecule has 0 atom stereocenters. The average molecular weight is 400 g/mol. The number of aliphatic imine (C=N–C) groups is 1. The van der Waals surface area contributed by atoms with E-state index in [4.69, 9.17) is 0 Å². The molecule has 0 aliphatic carbocycles. The van der Waals surface area contributed by atoms with Gasteiger partial charge in [-0.3, -0.25) is 4.99 Å². The lowest BCUT2D eigenvalue weighted by atomic mass is 10.1. The average Bonchev–Trinajstić information content (AvgIpc) is 2.82. The van der Waals surface area contributed by atoms with Crippen LogP contribution in [0.2, 0.25) is 0 Å². The van der Waals surface area contributed by atoms with E-state index in [-0.39, 0.29) is 24.0 Å². The molecule has 1 aromatic heterocycles. The number of halogens is 1. The number of nitrogens with one attached hydrogen (secondary N) is 3. The van der Waals surface area contributed by atoms with Gasteiger partial charge in [0.1, 0.15) is 0 Å². The van der Waals surface area contributed by atoms with Gasteiger partial charge in [-0.15, -0.1) is 24.0 Å². The van der Waals surface area contributed by atoms with Crippen LogP contribution in [0.25, 0.3) is 10.9 Å². The molecule has 2 rings (SSSR count). The lowest BCUT2D eigenvalue weighted by Crippen LogP contribution is -2.41. The highest BCUT2D eigenvalue weighted by Gasteiger charge is 2.05. The molecule has 0 saturated heterocycles. The molecule has 21 heavy (non-hydrogen) atoms. The second-order valence-corrected chi connectivity index (χ2v) is 5.36. The Morgan fingerprint density at radius 1 is 1.33 bits per heavy atom. The molecule has 0 saturated carbocycles. The monoisotopic (exact) mass is 400 g/mol. The molecule has 0 aliphatic rings. The lowest BCUT2D eigenvalue weighted by molar-refractivity contribution is 0.698. The molecule has 0 radical (unpaired) electrons. The van der Waals surface area contributed by atoms with Crippen molar-refractivity contribution in [3.63, 3.8) is 0 Å². The van der Waals surface area contributed by atoms with E-state index in [0.29, 0.717) is 6.04 Å². The Labute approximate surface area is 143 Å². The Balaban J connectivity index is 0.00000220. The van der Waals surface area contributed by atoms with Crippen molar-refractivity contribution in [3.05, 3.63) is 35.5 Å². The summed E-state index contributed by atoms with van der Waals surface area (Å²) in [6.45, 7) is 7.22. The van der Waals surface area contributed by atoms with Crippen LogP contribution >= 0.6 is 24.0 Å². The van der Waals surface area contributed by atoms with Crippen molar-refractivity contribution >= 4 is 40.8 Å². The van der Waals surface area contributed by atoms with Gasteiger partial charge in [0, 0.05) is 36.7 Å². The molecular formula is C16H25IN4. The number of guanidine groups is 1. The molecule has 0 aliphatic heterocycles. The first-order chi connectivity index (χ1) is 9.61. The van der Waals surface area contributed by atoms with Gasteiger partial charge >= 0.3 is 0 Å². The van der Waals surface area contributed by atoms with Gasteiger partial charge in [0.2, 0.25) is 0 Å². The largest absolute Gasteiger partial charge is 0.361 e. The standard InChI is InChI=1S/C16H24N4.HI/c1-11(2)20-16(17-4)18-9-8-13-10-19-15-12(3)6-5-7-14(13)15;/h5-7,10-11,19H,8-9H2,1-4H3,(H2,17,18,20);1H. The van der Waals surface area contributed by atoms with Crippen LogP contribution in [0.3, 0.4) is 0 Å². The Bertz CT molecular complexity index is 601. The second kappa shape index (κ2) is 8.26. The van der Waals surface area contributed by atoms with Gasteiger partial charge in [-0.25, -0.2) is 0 Å². The lowest BCUT2D eigenvalue weighted by Gasteiger charge is -2.14. The van der Waals surface area contributed by atoms with E-state index in [1.165, 1.54) is 22.0 Å². The fourth-order valence-corrected chi connectivity index (χ4v) is 2.35. The van der Waals surface area contributed by atoms with Gasteiger partial charge in [-0.1, -0.05) is 18.2 Å². The summed E-state index contributed by atoms with van der Waals surface area (Å²) in [5.74, 6) is 0.857. The van der Waals surface area contributed by atoms with Crippen molar-refractivity contribution in [2.75, 3.05) is 13.6 Å². The molecule has 1 heterocycles. The van der Waals surface area contributed by atoms with E-state index in [1.54, 1.807) is 7.05 Å². The quantitative estimate of drug-likeness (QED) is 0.420. The van der Waals surface area contributed by atoms with Gasteiger partial charge in [0.25, 0.3) is 0 Å². The fraction of sp³-hybridized carbons (Fsp3) is 0.438. The van der Waals surface area contributed by atoms with Crippen molar-refractivity contribution in [2.45, 2.75) is 33.2 Å². The molecule has 0 spiro atoms. The van der Waals surface area contributed by atoms with Crippen molar-refractivity contribution in [3.8, 4) is 0 Å². The number of aromatic nitrogens is 1. The molecule has 0 bridgehead atoms. The molecule has 1 aromatic carbocycles. The second-order valence-electron chi connectivity index (χ2n) is 5.36. The van der Waals surface area contributed by atoms with Gasteiger partial charge in [-0.05, 0) is 38.3 Å². The van der Waals surface area contributed by atoms with Crippen LogP contribution in [0.4, 0.5) is 0 Å². The molecule has 4 nitrogen and oxygen atoms in total. The van der Waals surface area contributed by atoms with Gasteiger partial charge < -0.3 is 15.6 Å². The third kappa shape index (κ3) is 4.62. The minimum atomic E-state index is 0.